The highest BCUT2D eigenvalue weighted by atomic mass is 32.2. The Labute approximate surface area is 135 Å². The molecule has 0 aliphatic carbocycles. The first kappa shape index (κ1) is 17.7. The normalized spacial score (nSPS) is 18.6. The van der Waals surface area contributed by atoms with Gasteiger partial charge in [-0.05, 0) is 24.3 Å². The molecule has 1 heterocycles. The van der Waals surface area contributed by atoms with Crippen molar-refractivity contribution >= 4 is 23.5 Å². The van der Waals surface area contributed by atoms with Crippen LogP contribution in [0.25, 0.3) is 0 Å². The van der Waals surface area contributed by atoms with Crippen LogP contribution in [0, 0.1) is 0 Å². The second-order valence-electron chi connectivity index (χ2n) is 4.96. The molecule has 2 rings (SSSR count). The highest BCUT2D eigenvalue weighted by Crippen LogP contribution is 2.21. The van der Waals surface area contributed by atoms with Gasteiger partial charge in [-0.25, -0.2) is 4.79 Å². The predicted molar refractivity (Wildman–Crippen MR) is 81.9 cm³/mol. The Kier molecular flexibility index (Phi) is 6.00. The molecule has 0 bridgehead atoms. The number of rotatable bonds is 4. The zero-order valence-electron chi connectivity index (χ0n) is 12.2. The lowest BCUT2D eigenvalue weighted by Crippen LogP contribution is -2.49. The van der Waals surface area contributed by atoms with Gasteiger partial charge in [-0.1, -0.05) is 0 Å². The third-order valence-electron chi connectivity index (χ3n) is 3.21. The number of alkyl halides is 3. The summed E-state index contributed by atoms with van der Waals surface area (Å²) in [7, 11) is 0. The van der Waals surface area contributed by atoms with Gasteiger partial charge in [0.2, 0.25) is 0 Å². The highest BCUT2D eigenvalue weighted by molar-refractivity contribution is 7.99. The van der Waals surface area contributed by atoms with Gasteiger partial charge in [0, 0.05) is 23.7 Å². The van der Waals surface area contributed by atoms with E-state index in [1.165, 1.54) is 24.3 Å². The number of hydrogen-bond acceptors (Lipinski definition) is 4. The fourth-order valence-corrected chi connectivity index (χ4v) is 3.12. The second kappa shape index (κ2) is 7.78. The Hall–Kier alpha value is -1.61. The van der Waals surface area contributed by atoms with E-state index >= 15 is 0 Å². The van der Waals surface area contributed by atoms with Crippen molar-refractivity contribution in [3.63, 3.8) is 0 Å². The Balaban J connectivity index is 1.91. The minimum Gasteiger partial charge on any atom is -0.484 e. The molecule has 1 unspecified atom stereocenters. The number of nitrogens with one attached hydrogen (secondary N) is 1. The second-order valence-corrected chi connectivity index (χ2v) is 6.11. The monoisotopic (exact) mass is 350 g/mol. The molecule has 1 saturated heterocycles. The van der Waals surface area contributed by atoms with E-state index in [4.69, 9.17) is 0 Å². The topological polar surface area (TPSA) is 61.8 Å². The summed E-state index contributed by atoms with van der Waals surface area (Å²) < 4.78 is 40.8. The quantitative estimate of drug-likeness (QED) is 0.876. The van der Waals surface area contributed by atoms with Crippen LogP contribution < -0.4 is 10.1 Å². The lowest BCUT2D eigenvalue weighted by atomic mass is 10.3. The first-order valence-corrected chi connectivity index (χ1v) is 8.10. The number of aliphatic hydroxyl groups is 1. The third kappa shape index (κ3) is 5.51. The zero-order valence-corrected chi connectivity index (χ0v) is 13.0. The summed E-state index contributed by atoms with van der Waals surface area (Å²) in [5.41, 5.74) is 0.448. The molecule has 5 nitrogen and oxygen atoms in total. The lowest BCUT2D eigenvalue weighted by molar-refractivity contribution is -0.153. The van der Waals surface area contributed by atoms with Gasteiger partial charge >= 0.3 is 12.2 Å². The maximum Gasteiger partial charge on any atom is 0.422 e. The summed E-state index contributed by atoms with van der Waals surface area (Å²) >= 11 is 1.67. The molecule has 1 aliphatic rings. The number of aliphatic hydroxyl groups excluding tert-OH is 1. The van der Waals surface area contributed by atoms with E-state index in [9.17, 15) is 23.1 Å². The number of anilines is 1. The van der Waals surface area contributed by atoms with Crippen LogP contribution in [-0.2, 0) is 0 Å². The molecule has 1 fully saturated rings. The number of halogens is 3. The minimum atomic E-state index is -4.39. The molecule has 1 aromatic carbocycles. The largest absolute Gasteiger partial charge is 0.484 e. The summed E-state index contributed by atoms with van der Waals surface area (Å²) in [4.78, 5) is 13.8. The van der Waals surface area contributed by atoms with Crippen LogP contribution in [0.1, 0.15) is 0 Å². The predicted octanol–water partition coefficient (Wildman–Crippen LogP) is 2.57. The maximum atomic E-state index is 12.2. The van der Waals surface area contributed by atoms with Crippen LogP contribution in [0.15, 0.2) is 24.3 Å². The van der Waals surface area contributed by atoms with Gasteiger partial charge in [0.25, 0.3) is 0 Å². The summed E-state index contributed by atoms with van der Waals surface area (Å²) in [6.45, 7) is -0.929. The number of amides is 2. The van der Waals surface area contributed by atoms with Crippen molar-refractivity contribution in [1.29, 1.82) is 0 Å². The number of hydrogen-bond donors (Lipinski definition) is 2. The van der Waals surface area contributed by atoms with Gasteiger partial charge in [0.15, 0.2) is 6.61 Å². The van der Waals surface area contributed by atoms with E-state index in [1.807, 2.05) is 0 Å². The van der Waals surface area contributed by atoms with Crippen LogP contribution in [0.4, 0.5) is 23.7 Å². The summed E-state index contributed by atoms with van der Waals surface area (Å²) in [6, 6.07) is 5.08. The van der Waals surface area contributed by atoms with Crippen molar-refractivity contribution in [3.8, 4) is 5.75 Å². The SMILES string of the molecule is O=C(Nc1ccc(OCC(F)(F)F)cc1)N1CCSCC1CO. The van der Waals surface area contributed by atoms with Crippen molar-refractivity contribution < 1.29 is 27.8 Å². The number of benzene rings is 1. The summed E-state index contributed by atoms with van der Waals surface area (Å²) in [5, 5.41) is 12.0. The number of nitrogens with zero attached hydrogens (tertiary/aromatic N) is 1. The average Bonchev–Trinajstić information content (AvgIpc) is 2.53. The van der Waals surface area contributed by atoms with Gasteiger partial charge in [0.05, 0.1) is 12.6 Å². The van der Waals surface area contributed by atoms with E-state index in [1.54, 1.807) is 16.7 Å². The van der Waals surface area contributed by atoms with Crippen LogP contribution in [0.5, 0.6) is 5.75 Å². The van der Waals surface area contributed by atoms with Crippen molar-refractivity contribution in [2.24, 2.45) is 0 Å². The fraction of sp³-hybridized carbons (Fsp3) is 0.500. The van der Waals surface area contributed by atoms with E-state index in [0.29, 0.717) is 18.0 Å². The number of urea groups is 1. The standard InChI is InChI=1S/C14H17F3N2O3S/c15-14(16,17)9-22-12-3-1-10(2-4-12)18-13(21)19-5-6-23-8-11(19)7-20/h1-4,11,20H,5-9H2,(H,18,21). The van der Waals surface area contributed by atoms with Crippen LogP contribution in [0.3, 0.4) is 0 Å². The van der Waals surface area contributed by atoms with Crippen molar-refractivity contribution in [3.05, 3.63) is 24.3 Å². The molecule has 0 saturated carbocycles. The summed E-state index contributed by atoms with van der Waals surface area (Å²) in [6.07, 6.45) is -4.39. The first-order valence-electron chi connectivity index (χ1n) is 6.95. The smallest absolute Gasteiger partial charge is 0.422 e. The Morgan fingerprint density at radius 2 is 2.09 bits per heavy atom. The van der Waals surface area contributed by atoms with E-state index in [2.05, 4.69) is 10.1 Å². The maximum absolute atomic E-state index is 12.2. The molecular formula is C14H17F3N2O3S. The molecule has 0 aromatic heterocycles. The van der Waals surface area contributed by atoms with Crippen molar-refractivity contribution in [1.82, 2.24) is 4.90 Å². The molecule has 2 N–H and O–H groups in total. The van der Waals surface area contributed by atoms with Crippen LogP contribution in [-0.4, -0.2) is 59.5 Å². The Bertz CT molecular complexity index is 525. The molecule has 1 aromatic rings. The van der Waals surface area contributed by atoms with E-state index < -0.39 is 12.8 Å². The highest BCUT2D eigenvalue weighted by Gasteiger charge is 2.28. The number of carbonyl (C=O) groups is 1. The number of carbonyl (C=O) groups excluding carboxylic acids is 1. The lowest BCUT2D eigenvalue weighted by Gasteiger charge is -2.34. The molecule has 0 spiro atoms. The number of ether oxygens (including phenoxy) is 1. The average molecular weight is 350 g/mol. The van der Waals surface area contributed by atoms with E-state index in [-0.39, 0.29) is 24.4 Å². The van der Waals surface area contributed by atoms with Crippen molar-refractivity contribution in [2.45, 2.75) is 12.2 Å². The van der Waals surface area contributed by atoms with Gasteiger partial charge in [-0.15, -0.1) is 0 Å². The minimum absolute atomic E-state index is 0.0722. The molecule has 1 atom stereocenters. The zero-order chi connectivity index (χ0) is 16.9. The molecule has 0 radical (unpaired) electrons. The molecule has 23 heavy (non-hydrogen) atoms. The number of thioether (sulfide) groups is 1. The van der Waals surface area contributed by atoms with Gasteiger partial charge in [0.1, 0.15) is 5.75 Å². The first-order chi connectivity index (χ1) is 10.9. The van der Waals surface area contributed by atoms with Crippen LogP contribution >= 0.6 is 11.8 Å². The van der Waals surface area contributed by atoms with Crippen LogP contribution in [0.2, 0.25) is 0 Å². The van der Waals surface area contributed by atoms with E-state index in [0.717, 1.165) is 5.75 Å². The summed E-state index contributed by atoms with van der Waals surface area (Å²) in [5.74, 6) is 1.55. The van der Waals surface area contributed by atoms with Gasteiger partial charge in [-0.3, -0.25) is 0 Å². The molecule has 9 heteroatoms. The molecule has 1 aliphatic heterocycles. The Morgan fingerprint density at radius 1 is 1.39 bits per heavy atom. The third-order valence-corrected chi connectivity index (χ3v) is 4.30. The molecular weight excluding hydrogens is 333 g/mol. The molecule has 128 valence electrons. The molecule has 2 amide bonds. The van der Waals surface area contributed by atoms with Crippen molar-refractivity contribution in [2.75, 3.05) is 36.6 Å². The Morgan fingerprint density at radius 3 is 2.70 bits per heavy atom. The van der Waals surface area contributed by atoms with Gasteiger partial charge in [-0.2, -0.15) is 24.9 Å². The van der Waals surface area contributed by atoms with Gasteiger partial charge < -0.3 is 20.1 Å². The fourth-order valence-electron chi connectivity index (χ4n) is 2.07.